The zero-order valence-corrected chi connectivity index (χ0v) is 7.49. The van der Waals surface area contributed by atoms with Gasteiger partial charge >= 0.3 is 0 Å². The Bertz CT molecular complexity index is 172. The average molecular weight is 173 g/mol. The lowest BCUT2D eigenvalue weighted by molar-refractivity contribution is -0.144. The molecule has 1 amide bonds. The van der Waals surface area contributed by atoms with Gasteiger partial charge in [0.25, 0.3) is 0 Å². The maximum absolute atomic E-state index is 11.0. The van der Waals surface area contributed by atoms with Gasteiger partial charge in [-0.05, 0) is 6.92 Å². The number of rotatable bonds is 1. The van der Waals surface area contributed by atoms with E-state index in [1.165, 1.54) is 6.92 Å². The minimum atomic E-state index is -0.211. The number of aliphatic hydroxyl groups is 1. The molecule has 1 fully saturated rings. The molecule has 4 nitrogen and oxygen atoms in total. The van der Waals surface area contributed by atoms with Crippen molar-refractivity contribution in [3.8, 4) is 0 Å². The van der Waals surface area contributed by atoms with E-state index < -0.39 is 0 Å². The van der Waals surface area contributed by atoms with Crippen LogP contribution in [0.25, 0.3) is 0 Å². The van der Waals surface area contributed by atoms with Crippen LogP contribution < -0.4 is 0 Å². The van der Waals surface area contributed by atoms with Crippen molar-refractivity contribution in [3.05, 3.63) is 0 Å². The zero-order chi connectivity index (χ0) is 9.14. The van der Waals surface area contributed by atoms with Crippen molar-refractivity contribution in [3.63, 3.8) is 0 Å². The van der Waals surface area contributed by atoms with Gasteiger partial charge in [0.1, 0.15) is 0 Å². The lowest BCUT2D eigenvalue weighted by Gasteiger charge is -2.35. The third-order valence-electron chi connectivity index (χ3n) is 1.98. The molecule has 0 aromatic heterocycles. The smallest absolute Gasteiger partial charge is 0.219 e. The van der Waals surface area contributed by atoms with Gasteiger partial charge in [0.05, 0.1) is 18.8 Å². The predicted molar refractivity (Wildman–Crippen MR) is 43.7 cm³/mol. The Kier molecular flexibility index (Phi) is 3.05. The van der Waals surface area contributed by atoms with E-state index in [0.717, 1.165) is 0 Å². The quantitative estimate of drug-likeness (QED) is 0.587. The molecule has 0 bridgehead atoms. The standard InChI is InChI=1S/C8H15NO3/c1-6-3-9(7(2)11)4-8(5-10)12-6/h6,8,10H,3-5H2,1-2H3. The first kappa shape index (κ1) is 9.48. The van der Waals surface area contributed by atoms with Gasteiger partial charge in [-0.1, -0.05) is 0 Å². The number of nitrogens with zero attached hydrogens (tertiary/aromatic N) is 1. The molecule has 0 aromatic carbocycles. The molecular weight excluding hydrogens is 158 g/mol. The molecule has 0 radical (unpaired) electrons. The summed E-state index contributed by atoms with van der Waals surface area (Å²) in [5.74, 6) is 0.0450. The summed E-state index contributed by atoms with van der Waals surface area (Å²) in [6.07, 6.45) is -0.183. The summed E-state index contributed by atoms with van der Waals surface area (Å²) in [6.45, 7) is 4.56. The largest absolute Gasteiger partial charge is 0.394 e. The van der Waals surface area contributed by atoms with Crippen LogP contribution in [-0.4, -0.2) is 47.8 Å². The molecule has 0 aliphatic carbocycles. The van der Waals surface area contributed by atoms with Crippen molar-refractivity contribution in [2.45, 2.75) is 26.1 Å². The van der Waals surface area contributed by atoms with Crippen LogP contribution in [0.2, 0.25) is 0 Å². The Morgan fingerprint density at radius 3 is 2.83 bits per heavy atom. The molecule has 1 aliphatic heterocycles. The second-order valence-electron chi connectivity index (χ2n) is 3.18. The first-order chi connectivity index (χ1) is 5.63. The average Bonchev–Trinajstić information content (AvgIpc) is 2.03. The highest BCUT2D eigenvalue weighted by Gasteiger charge is 2.25. The van der Waals surface area contributed by atoms with Crippen LogP contribution in [0.5, 0.6) is 0 Å². The molecule has 70 valence electrons. The maximum atomic E-state index is 11.0. The molecule has 0 spiro atoms. The highest BCUT2D eigenvalue weighted by molar-refractivity contribution is 5.73. The second-order valence-corrected chi connectivity index (χ2v) is 3.18. The first-order valence-electron chi connectivity index (χ1n) is 4.15. The molecule has 2 atom stereocenters. The number of hydrogen-bond acceptors (Lipinski definition) is 3. The van der Waals surface area contributed by atoms with Gasteiger partial charge < -0.3 is 14.7 Å². The fraction of sp³-hybridized carbons (Fsp3) is 0.875. The monoisotopic (exact) mass is 173 g/mol. The van der Waals surface area contributed by atoms with Gasteiger partial charge in [-0.25, -0.2) is 0 Å². The summed E-state index contributed by atoms with van der Waals surface area (Å²) in [4.78, 5) is 12.7. The van der Waals surface area contributed by atoms with Crippen LogP contribution in [0.1, 0.15) is 13.8 Å². The molecule has 1 aliphatic rings. The lowest BCUT2D eigenvalue weighted by Crippen LogP contribution is -2.49. The van der Waals surface area contributed by atoms with E-state index in [2.05, 4.69) is 0 Å². The highest BCUT2D eigenvalue weighted by Crippen LogP contribution is 2.10. The topological polar surface area (TPSA) is 49.8 Å². The normalized spacial score (nSPS) is 30.4. The van der Waals surface area contributed by atoms with Crippen molar-refractivity contribution >= 4 is 5.91 Å². The van der Waals surface area contributed by atoms with Crippen molar-refractivity contribution in [2.75, 3.05) is 19.7 Å². The van der Waals surface area contributed by atoms with Gasteiger partial charge in [-0.2, -0.15) is 0 Å². The van der Waals surface area contributed by atoms with Crippen molar-refractivity contribution in [1.29, 1.82) is 0 Å². The molecule has 0 aromatic rings. The molecule has 4 heteroatoms. The molecule has 1 N–H and O–H groups in total. The first-order valence-corrected chi connectivity index (χ1v) is 4.15. The van der Waals surface area contributed by atoms with E-state index in [-0.39, 0.29) is 24.7 Å². The summed E-state index contributed by atoms with van der Waals surface area (Å²) in [7, 11) is 0. The Morgan fingerprint density at radius 1 is 1.67 bits per heavy atom. The van der Waals surface area contributed by atoms with E-state index in [1.807, 2.05) is 6.92 Å². The molecule has 0 saturated carbocycles. The van der Waals surface area contributed by atoms with Crippen LogP contribution >= 0.6 is 0 Å². The summed E-state index contributed by atoms with van der Waals surface area (Å²) >= 11 is 0. The van der Waals surface area contributed by atoms with Crippen molar-refractivity contribution in [2.24, 2.45) is 0 Å². The third kappa shape index (κ3) is 2.19. The number of hydrogen-bond donors (Lipinski definition) is 1. The molecule has 1 rings (SSSR count). The number of aliphatic hydroxyl groups excluding tert-OH is 1. The van der Waals surface area contributed by atoms with Crippen LogP contribution in [0, 0.1) is 0 Å². The Labute approximate surface area is 72.1 Å². The van der Waals surface area contributed by atoms with Crippen molar-refractivity contribution < 1.29 is 14.6 Å². The van der Waals surface area contributed by atoms with E-state index in [9.17, 15) is 4.79 Å². The lowest BCUT2D eigenvalue weighted by atomic mass is 10.2. The van der Waals surface area contributed by atoms with E-state index in [0.29, 0.717) is 13.1 Å². The molecule has 1 saturated heterocycles. The zero-order valence-electron chi connectivity index (χ0n) is 7.49. The summed E-state index contributed by atoms with van der Waals surface area (Å²) in [5.41, 5.74) is 0. The number of carbonyl (C=O) groups excluding carboxylic acids is 1. The van der Waals surface area contributed by atoms with Crippen molar-refractivity contribution in [1.82, 2.24) is 4.90 Å². The third-order valence-corrected chi connectivity index (χ3v) is 1.98. The van der Waals surface area contributed by atoms with Crippen LogP contribution in [-0.2, 0) is 9.53 Å². The Morgan fingerprint density at radius 2 is 2.33 bits per heavy atom. The van der Waals surface area contributed by atoms with E-state index in [1.54, 1.807) is 4.90 Å². The predicted octanol–water partition coefficient (Wildman–Crippen LogP) is -0.385. The van der Waals surface area contributed by atoms with Gasteiger partial charge in [0, 0.05) is 20.0 Å². The summed E-state index contributed by atoms with van der Waals surface area (Å²) in [6, 6.07) is 0. The molecule has 1 heterocycles. The maximum Gasteiger partial charge on any atom is 0.219 e. The number of morpholine rings is 1. The van der Waals surface area contributed by atoms with Crippen LogP contribution in [0.3, 0.4) is 0 Å². The number of carbonyl (C=O) groups is 1. The van der Waals surface area contributed by atoms with Gasteiger partial charge in [-0.15, -0.1) is 0 Å². The van der Waals surface area contributed by atoms with E-state index >= 15 is 0 Å². The molecule has 2 unspecified atom stereocenters. The molecule has 12 heavy (non-hydrogen) atoms. The Hall–Kier alpha value is -0.610. The summed E-state index contributed by atoms with van der Waals surface area (Å²) in [5, 5.41) is 8.85. The Balaban J connectivity index is 2.51. The number of amides is 1. The van der Waals surface area contributed by atoms with Crippen LogP contribution in [0.4, 0.5) is 0 Å². The second kappa shape index (κ2) is 3.87. The fourth-order valence-corrected chi connectivity index (χ4v) is 1.40. The van der Waals surface area contributed by atoms with E-state index in [4.69, 9.17) is 9.84 Å². The summed E-state index contributed by atoms with van der Waals surface area (Å²) < 4.78 is 5.37. The number of ether oxygens (including phenoxy) is 1. The van der Waals surface area contributed by atoms with Gasteiger partial charge in [0.2, 0.25) is 5.91 Å². The SMILES string of the molecule is CC(=O)N1CC(C)OC(CO)C1. The fourth-order valence-electron chi connectivity index (χ4n) is 1.40. The minimum absolute atomic E-state index is 0.0197. The van der Waals surface area contributed by atoms with Crippen LogP contribution in [0.15, 0.2) is 0 Å². The van der Waals surface area contributed by atoms with Gasteiger partial charge in [-0.3, -0.25) is 4.79 Å². The minimum Gasteiger partial charge on any atom is -0.394 e. The molecular formula is C8H15NO3. The highest BCUT2D eigenvalue weighted by atomic mass is 16.5. The van der Waals surface area contributed by atoms with Gasteiger partial charge in [0.15, 0.2) is 0 Å².